The van der Waals surface area contributed by atoms with Crippen LogP contribution in [-0.2, 0) is 14.8 Å². The van der Waals surface area contributed by atoms with Crippen molar-refractivity contribution in [1.82, 2.24) is 9.62 Å². The standard InChI is InChI=1S/C17H27N3O4S/c1-3-4-13-25(22,23)18-14-17(21)20-11-9-19(10-12-20)15-5-7-16(24-2)8-6-15/h5-8,18H,3-4,9-14H2,1-2H3. The fourth-order valence-electron chi connectivity index (χ4n) is 2.70. The summed E-state index contributed by atoms with van der Waals surface area (Å²) in [6.07, 6.45) is 1.41. The maximum Gasteiger partial charge on any atom is 0.237 e. The molecule has 0 bridgehead atoms. The van der Waals surface area contributed by atoms with E-state index in [4.69, 9.17) is 4.74 Å². The van der Waals surface area contributed by atoms with E-state index in [0.717, 1.165) is 30.9 Å². The van der Waals surface area contributed by atoms with Gasteiger partial charge in [-0.2, -0.15) is 0 Å². The van der Waals surface area contributed by atoms with Crippen LogP contribution in [0.5, 0.6) is 5.75 Å². The Balaban J connectivity index is 1.79. The van der Waals surface area contributed by atoms with Crippen molar-refractivity contribution in [2.75, 3.05) is 50.5 Å². The predicted molar refractivity (Wildman–Crippen MR) is 98.5 cm³/mol. The molecule has 1 heterocycles. The van der Waals surface area contributed by atoms with Gasteiger partial charge in [0.15, 0.2) is 0 Å². The van der Waals surface area contributed by atoms with E-state index in [2.05, 4.69) is 9.62 Å². The maximum absolute atomic E-state index is 12.2. The van der Waals surface area contributed by atoms with Gasteiger partial charge in [-0.05, 0) is 30.7 Å². The molecule has 0 aliphatic carbocycles. The molecular weight excluding hydrogens is 342 g/mol. The van der Waals surface area contributed by atoms with E-state index in [1.165, 1.54) is 0 Å². The fraction of sp³-hybridized carbons (Fsp3) is 0.588. The molecule has 0 radical (unpaired) electrons. The number of carbonyl (C=O) groups is 1. The molecule has 0 atom stereocenters. The van der Waals surface area contributed by atoms with Gasteiger partial charge >= 0.3 is 0 Å². The molecule has 1 aromatic rings. The molecule has 8 heteroatoms. The van der Waals surface area contributed by atoms with Crippen molar-refractivity contribution in [1.29, 1.82) is 0 Å². The lowest BCUT2D eigenvalue weighted by molar-refractivity contribution is -0.130. The van der Waals surface area contributed by atoms with Gasteiger partial charge in [-0.25, -0.2) is 13.1 Å². The van der Waals surface area contributed by atoms with Crippen molar-refractivity contribution in [2.45, 2.75) is 19.8 Å². The molecule has 0 saturated carbocycles. The average Bonchev–Trinajstić information content (AvgIpc) is 2.65. The van der Waals surface area contributed by atoms with Crippen LogP contribution in [0.4, 0.5) is 5.69 Å². The molecule has 1 fully saturated rings. The highest BCUT2D eigenvalue weighted by Gasteiger charge is 2.22. The molecule has 0 spiro atoms. The molecule has 7 nitrogen and oxygen atoms in total. The Morgan fingerprint density at radius 1 is 1.16 bits per heavy atom. The Labute approximate surface area is 150 Å². The van der Waals surface area contributed by atoms with E-state index < -0.39 is 10.0 Å². The van der Waals surface area contributed by atoms with Crippen molar-refractivity contribution in [2.24, 2.45) is 0 Å². The van der Waals surface area contributed by atoms with Crippen LogP contribution in [0.3, 0.4) is 0 Å². The Kier molecular flexibility index (Phi) is 7.07. The van der Waals surface area contributed by atoms with Gasteiger partial charge in [0.25, 0.3) is 0 Å². The van der Waals surface area contributed by atoms with E-state index >= 15 is 0 Å². The van der Waals surface area contributed by atoms with E-state index in [0.29, 0.717) is 19.5 Å². The third-order valence-electron chi connectivity index (χ3n) is 4.28. The molecular formula is C17H27N3O4S. The number of nitrogens with zero attached hydrogens (tertiary/aromatic N) is 2. The zero-order chi connectivity index (χ0) is 18.3. The van der Waals surface area contributed by atoms with Gasteiger partial charge in [0.2, 0.25) is 15.9 Å². The number of piperazine rings is 1. The molecule has 2 rings (SSSR count). The lowest BCUT2D eigenvalue weighted by Gasteiger charge is -2.36. The van der Waals surface area contributed by atoms with E-state index in [1.807, 2.05) is 31.2 Å². The maximum atomic E-state index is 12.2. The van der Waals surface area contributed by atoms with Crippen LogP contribution in [0.15, 0.2) is 24.3 Å². The van der Waals surface area contributed by atoms with Gasteiger partial charge in [-0.1, -0.05) is 13.3 Å². The third kappa shape index (κ3) is 5.89. The van der Waals surface area contributed by atoms with Gasteiger partial charge in [0.05, 0.1) is 19.4 Å². The minimum absolute atomic E-state index is 0.0715. The van der Waals surface area contributed by atoms with Gasteiger partial charge in [-0.15, -0.1) is 0 Å². The quantitative estimate of drug-likeness (QED) is 0.741. The summed E-state index contributed by atoms with van der Waals surface area (Å²) < 4.78 is 31.1. The molecule has 1 saturated heterocycles. The van der Waals surface area contributed by atoms with E-state index in [1.54, 1.807) is 12.0 Å². The molecule has 1 aliphatic heterocycles. The Hall–Kier alpha value is -1.80. The number of carbonyl (C=O) groups excluding carboxylic acids is 1. The SMILES string of the molecule is CCCCS(=O)(=O)NCC(=O)N1CCN(c2ccc(OC)cc2)CC1. The van der Waals surface area contributed by atoms with Crippen molar-refractivity contribution in [3.63, 3.8) is 0 Å². The summed E-state index contributed by atoms with van der Waals surface area (Å²) in [5.41, 5.74) is 1.09. The first-order valence-corrected chi connectivity index (χ1v) is 10.2. The first-order chi connectivity index (χ1) is 11.9. The van der Waals surface area contributed by atoms with Crippen LogP contribution in [0.25, 0.3) is 0 Å². The van der Waals surface area contributed by atoms with Gasteiger partial charge in [0, 0.05) is 31.9 Å². The molecule has 1 aromatic carbocycles. The molecule has 25 heavy (non-hydrogen) atoms. The molecule has 1 amide bonds. The predicted octanol–water partition coefficient (Wildman–Crippen LogP) is 1.06. The number of amides is 1. The van der Waals surface area contributed by atoms with Crippen molar-refractivity contribution in [3.8, 4) is 5.75 Å². The highest BCUT2D eigenvalue weighted by atomic mass is 32.2. The van der Waals surface area contributed by atoms with Crippen LogP contribution in [0, 0.1) is 0 Å². The smallest absolute Gasteiger partial charge is 0.237 e. The first kappa shape index (κ1) is 19.5. The zero-order valence-corrected chi connectivity index (χ0v) is 15.7. The molecule has 0 unspecified atom stereocenters. The van der Waals surface area contributed by atoms with Gasteiger partial charge in [0.1, 0.15) is 5.75 Å². The summed E-state index contributed by atoms with van der Waals surface area (Å²) in [6, 6.07) is 7.83. The second-order valence-electron chi connectivity index (χ2n) is 6.06. The zero-order valence-electron chi connectivity index (χ0n) is 14.9. The number of benzene rings is 1. The minimum atomic E-state index is -3.36. The molecule has 140 valence electrons. The van der Waals surface area contributed by atoms with Crippen LogP contribution >= 0.6 is 0 Å². The lowest BCUT2D eigenvalue weighted by Crippen LogP contribution is -2.51. The average molecular weight is 369 g/mol. The summed E-state index contributed by atoms with van der Waals surface area (Å²) in [5.74, 6) is 0.713. The first-order valence-electron chi connectivity index (χ1n) is 8.59. The number of sulfonamides is 1. The van der Waals surface area contributed by atoms with Crippen molar-refractivity contribution < 1.29 is 17.9 Å². The van der Waals surface area contributed by atoms with Crippen LogP contribution in [0.2, 0.25) is 0 Å². The topological polar surface area (TPSA) is 79.0 Å². The summed E-state index contributed by atoms with van der Waals surface area (Å²) in [4.78, 5) is 16.1. The Bertz CT molecular complexity index is 653. The normalized spacial score (nSPS) is 15.3. The molecule has 1 N–H and O–H groups in total. The number of rotatable bonds is 8. The summed E-state index contributed by atoms with van der Waals surface area (Å²) in [5, 5.41) is 0. The number of hydrogen-bond donors (Lipinski definition) is 1. The second kappa shape index (κ2) is 9.05. The highest BCUT2D eigenvalue weighted by molar-refractivity contribution is 7.89. The van der Waals surface area contributed by atoms with Crippen molar-refractivity contribution >= 4 is 21.6 Å². The van der Waals surface area contributed by atoms with E-state index in [-0.39, 0.29) is 18.2 Å². The van der Waals surface area contributed by atoms with Gasteiger partial charge in [-0.3, -0.25) is 4.79 Å². The summed E-state index contributed by atoms with van der Waals surface area (Å²) >= 11 is 0. The number of nitrogens with one attached hydrogen (secondary N) is 1. The number of anilines is 1. The van der Waals surface area contributed by atoms with Crippen LogP contribution in [-0.4, -0.2) is 64.8 Å². The largest absolute Gasteiger partial charge is 0.497 e. The Morgan fingerprint density at radius 3 is 2.36 bits per heavy atom. The monoisotopic (exact) mass is 369 g/mol. The molecule has 0 aromatic heterocycles. The minimum Gasteiger partial charge on any atom is -0.497 e. The number of methoxy groups -OCH3 is 1. The molecule has 1 aliphatic rings. The highest BCUT2D eigenvalue weighted by Crippen LogP contribution is 2.20. The fourth-order valence-corrected chi connectivity index (χ4v) is 3.85. The van der Waals surface area contributed by atoms with Crippen LogP contribution in [0.1, 0.15) is 19.8 Å². The van der Waals surface area contributed by atoms with Crippen LogP contribution < -0.4 is 14.4 Å². The second-order valence-corrected chi connectivity index (χ2v) is 7.99. The number of hydrogen-bond acceptors (Lipinski definition) is 5. The third-order valence-corrected chi connectivity index (χ3v) is 5.69. The number of unbranched alkanes of at least 4 members (excludes halogenated alkanes) is 1. The summed E-state index contributed by atoms with van der Waals surface area (Å²) in [6.45, 7) is 4.39. The summed E-state index contributed by atoms with van der Waals surface area (Å²) in [7, 11) is -1.72. The van der Waals surface area contributed by atoms with Gasteiger partial charge < -0.3 is 14.5 Å². The number of ether oxygens (including phenoxy) is 1. The van der Waals surface area contributed by atoms with E-state index in [9.17, 15) is 13.2 Å². The Morgan fingerprint density at radius 2 is 1.80 bits per heavy atom. The lowest BCUT2D eigenvalue weighted by atomic mass is 10.2. The van der Waals surface area contributed by atoms with Crippen molar-refractivity contribution in [3.05, 3.63) is 24.3 Å².